The van der Waals surface area contributed by atoms with E-state index in [1.807, 2.05) is 25.7 Å². The number of piperidine rings is 1. The third kappa shape index (κ3) is 8.38. The minimum absolute atomic E-state index is 0.124. The van der Waals surface area contributed by atoms with E-state index in [4.69, 9.17) is 14.5 Å². The molecule has 0 aromatic carbocycles. The zero-order chi connectivity index (χ0) is 21.3. The topological polar surface area (TPSA) is 78.4 Å². The van der Waals surface area contributed by atoms with Gasteiger partial charge < -0.3 is 25.0 Å². The van der Waals surface area contributed by atoms with Crippen LogP contribution in [-0.4, -0.2) is 92.0 Å². The van der Waals surface area contributed by atoms with Gasteiger partial charge in [-0.15, -0.1) is 0 Å². The highest BCUT2D eigenvalue weighted by Crippen LogP contribution is 2.20. The molecule has 2 fully saturated rings. The zero-order valence-electron chi connectivity index (χ0n) is 19.0. The summed E-state index contributed by atoms with van der Waals surface area (Å²) in [5.74, 6) is 0.808. The Morgan fingerprint density at radius 2 is 1.93 bits per heavy atom. The number of rotatable bonds is 6. The molecule has 2 rings (SSSR count). The van der Waals surface area contributed by atoms with E-state index >= 15 is 0 Å². The van der Waals surface area contributed by atoms with Crippen molar-refractivity contribution in [2.45, 2.75) is 71.6 Å². The zero-order valence-corrected chi connectivity index (χ0v) is 19.0. The molecular formula is C21H41N5O3. The lowest BCUT2D eigenvalue weighted by atomic mass is 10.0. The third-order valence-electron chi connectivity index (χ3n) is 5.29. The maximum Gasteiger partial charge on any atom is 0.410 e. The quantitative estimate of drug-likeness (QED) is 0.515. The summed E-state index contributed by atoms with van der Waals surface area (Å²) in [5.41, 5.74) is -0.474. The van der Waals surface area contributed by atoms with Crippen molar-refractivity contribution >= 4 is 12.1 Å². The first-order valence-electron chi connectivity index (χ1n) is 11.1. The number of nitrogens with zero attached hydrogens (tertiary/aromatic N) is 3. The van der Waals surface area contributed by atoms with Gasteiger partial charge in [0.2, 0.25) is 0 Å². The molecule has 2 N–H and O–H groups in total. The molecule has 0 radical (unpaired) electrons. The molecule has 0 bridgehead atoms. The number of hydrogen-bond acceptors (Lipinski definition) is 5. The lowest BCUT2D eigenvalue weighted by Crippen LogP contribution is -2.52. The Balaban J connectivity index is 1.90. The van der Waals surface area contributed by atoms with E-state index in [0.29, 0.717) is 12.6 Å². The standard InChI is InChI=1S/C21H41N5O3/c1-6-22-19(23-15-17(2)25-11-13-28-14-12-25)24-16-18-9-7-8-10-26(18)20(27)29-21(3,4)5/h17-18H,6-16H2,1-5H3,(H2,22,23,24). The van der Waals surface area contributed by atoms with Crippen LogP contribution in [0.2, 0.25) is 0 Å². The molecule has 2 unspecified atom stereocenters. The van der Waals surface area contributed by atoms with Gasteiger partial charge in [0.1, 0.15) is 5.60 Å². The molecule has 168 valence electrons. The average molecular weight is 412 g/mol. The Hall–Kier alpha value is -1.54. The number of ether oxygens (including phenoxy) is 2. The molecular weight excluding hydrogens is 370 g/mol. The largest absolute Gasteiger partial charge is 0.444 e. The van der Waals surface area contributed by atoms with Crippen LogP contribution >= 0.6 is 0 Å². The van der Waals surface area contributed by atoms with E-state index < -0.39 is 5.60 Å². The van der Waals surface area contributed by atoms with Crippen LogP contribution in [0.5, 0.6) is 0 Å². The molecule has 1 amide bonds. The van der Waals surface area contributed by atoms with Crippen molar-refractivity contribution in [1.82, 2.24) is 20.4 Å². The van der Waals surface area contributed by atoms with E-state index in [1.54, 1.807) is 0 Å². The maximum absolute atomic E-state index is 12.6. The first-order chi connectivity index (χ1) is 13.8. The van der Waals surface area contributed by atoms with E-state index in [9.17, 15) is 4.79 Å². The second-order valence-corrected chi connectivity index (χ2v) is 8.92. The van der Waals surface area contributed by atoms with Gasteiger partial charge >= 0.3 is 6.09 Å². The number of aliphatic imine (C=N–C) groups is 1. The SMILES string of the molecule is CCNC(=NCC(C)N1CCOCC1)NCC1CCCCN1C(=O)OC(C)(C)C. The molecule has 2 atom stereocenters. The van der Waals surface area contributed by atoms with Crippen molar-refractivity contribution in [3.63, 3.8) is 0 Å². The highest BCUT2D eigenvalue weighted by Gasteiger charge is 2.30. The van der Waals surface area contributed by atoms with Crippen LogP contribution in [0.3, 0.4) is 0 Å². The molecule has 0 spiro atoms. The van der Waals surface area contributed by atoms with Crippen molar-refractivity contribution in [2.75, 3.05) is 52.5 Å². The summed E-state index contributed by atoms with van der Waals surface area (Å²) in [7, 11) is 0. The normalized spacial score (nSPS) is 22.9. The summed E-state index contributed by atoms with van der Waals surface area (Å²) in [6.45, 7) is 16.5. The number of guanidine groups is 1. The molecule has 8 nitrogen and oxygen atoms in total. The van der Waals surface area contributed by atoms with E-state index in [0.717, 1.165) is 71.2 Å². The predicted octanol–water partition coefficient (Wildman–Crippen LogP) is 2.05. The summed E-state index contributed by atoms with van der Waals surface area (Å²) in [4.78, 5) is 21.7. The lowest BCUT2D eigenvalue weighted by Gasteiger charge is -2.37. The Morgan fingerprint density at radius 3 is 2.59 bits per heavy atom. The number of carbonyl (C=O) groups excluding carboxylic acids is 1. The maximum atomic E-state index is 12.6. The van der Waals surface area contributed by atoms with Gasteiger partial charge in [0.25, 0.3) is 0 Å². The Bertz CT molecular complexity index is 529. The number of likely N-dealkylation sites (tertiary alicyclic amines) is 1. The second-order valence-electron chi connectivity index (χ2n) is 8.92. The summed E-state index contributed by atoms with van der Waals surface area (Å²) in [5, 5.41) is 6.77. The highest BCUT2D eigenvalue weighted by molar-refractivity contribution is 5.79. The highest BCUT2D eigenvalue weighted by atomic mass is 16.6. The van der Waals surface area contributed by atoms with Crippen LogP contribution in [0.15, 0.2) is 4.99 Å². The number of carbonyl (C=O) groups is 1. The van der Waals surface area contributed by atoms with Gasteiger partial charge in [0.15, 0.2) is 5.96 Å². The molecule has 2 saturated heterocycles. The molecule has 29 heavy (non-hydrogen) atoms. The Morgan fingerprint density at radius 1 is 1.21 bits per heavy atom. The van der Waals surface area contributed by atoms with Crippen LogP contribution in [0.4, 0.5) is 4.79 Å². The molecule has 0 saturated carbocycles. The molecule has 0 aliphatic carbocycles. The Kier molecular flexibility index (Phi) is 9.49. The fourth-order valence-electron chi connectivity index (χ4n) is 3.69. The van der Waals surface area contributed by atoms with Crippen LogP contribution in [0.25, 0.3) is 0 Å². The van der Waals surface area contributed by atoms with Gasteiger partial charge in [-0.2, -0.15) is 0 Å². The molecule has 2 aliphatic heterocycles. The van der Waals surface area contributed by atoms with E-state index in [-0.39, 0.29) is 12.1 Å². The summed E-state index contributed by atoms with van der Waals surface area (Å²) in [6, 6.07) is 0.501. The first kappa shape index (κ1) is 23.7. The van der Waals surface area contributed by atoms with Crippen molar-refractivity contribution < 1.29 is 14.3 Å². The van der Waals surface area contributed by atoms with Gasteiger partial charge in [0, 0.05) is 38.8 Å². The smallest absolute Gasteiger partial charge is 0.410 e. The van der Waals surface area contributed by atoms with Crippen molar-refractivity contribution in [3.05, 3.63) is 0 Å². The molecule has 2 aliphatic rings. The van der Waals surface area contributed by atoms with E-state index in [2.05, 4.69) is 29.4 Å². The number of nitrogens with one attached hydrogen (secondary N) is 2. The minimum atomic E-state index is -0.474. The van der Waals surface area contributed by atoms with Gasteiger partial charge in [0.05, 0.1) is 25.8 Å². The second kappa shape index (κ2) is 11.6. The molecule has 0 aromatic rings. The van der Waals surface area contributed by atoms with Crippen molar-refractivity contribution in [1.29, 1.82) is 0 Å². The minimum Gasteiger partial charge on any atom is -0.444 e. The predicted molar refractivity (Wildman–Crippen MR) is 116 cm³/mol. The fourth-order valence-corrected chi connectivity index (χ4v) is 3.69. The van der Waals surface area contributed by atoms with Gasteiger partial charge in [-0.25, -0.2) is 4.79 Å². The van der Waals surface area contributed by atoms with E-state index in [1.165, 1.54) is 0 Å². The number of hydrogen-bond donors (Lipinski definition) is 2. The van der Waals surface area contributed by atoms with Crippen LogP contribution in [0.1, 0.15) is 53.9 Å². The summed E-state index contributed by atoms with van der Waals surface area (Å²) >= 11 is 0. The van der Waals surface area contributed by atoms with Crippen LogP contribution in [-0.2, 0) is 9.47 Å². The summed E-state index contributed by atoms with van der Waals surface area (Å²) in [6.07, 6.45) is 2.93. The van der Waals surface area contributed by atoms with Gasteiger partial charge in [-0.05, 0) is 53.9 Å². The van der Waals surface area contributed by atoms with Crippen LogP contribution in [0, 0.1) is 0 Å². The molecule has 8 heteroatoms. The molecule has 2 heterocycles. The van der Waals surface area contributed by atoms with Crippen LogP contribution < -0.4 is 10.6 Å². The third-order valence-corrected chi connectivity index (χ3v) is 5.29. The average Bonchev–Trinajstić information content (AvgIpc) is 2.69. The summed E-state index contributed by atoms with van der Waals surface area (Å²) < 4.78 is 11.0. The lowest BCUT2D eigenvalue weighted by molar-refractivity contribution is 0.0104. The van der Waals surface area contributed by atoms with Crippen molar-refractivity contribution in [2.24, 2.45) is 4.99 Å². The van der Waals surface area contributed by atoms with Crippen molar-refractivity contribution in [3.8, 4) is 0 Å². The fraction of sp³-hybridized carbons (Fsp3) is 0.905. The first-order valence-corrected chi connectivity index (χ1v) is 11.1. The number of amides is 1. The monoisotopic (exact) mass is 411 g/mol. The molecule has 0 aromatic heterocycles. The number of morpholine rings is 1. The Labute approximate surface area is 176 Å². The van der Waals surface area contributed by atoms with Gasteiger partial charge in [-0.1, -0.05) is 0 Å². The van der Waals surface area contributed by atoms with Gasteiger partial charge in [-0.3, -0.25) is 9.89 Å².